The SMILES string of the molecule is CC(=O)N[C@H]1[C@H](OC[C@H]2OC(O)[C@@H](O[C@@H]3O[C@H](CO)[C@@H](O)[C@H](O[C@@H]4O[C@@H](C)[C@@H](O)[C@@H](O)[C@@H]4O)[C@H]3NC(C)=O)[C@@H](O)[C@@H]2O)O[C@H](CO)[C@@H](O)[C@@H]1O. The third kappa shape index (κ3) is 8.87. The number of aliphatic hydroxyl groups is 11. The second kappa shape index (κ2) is 17.4. The van der Waals surface area contributed by atoms with E-state index in [9.17, 15) is 65.8 Å². The quantitative estimate of drug-likeness (QED) is 0.0938. The van der Waals surface area contributed by atoms with Gasteiger partial charge in [0.2, 0.25) is 11.8 Å². The minimum atomic E-state index is -2.04. The molecule has 0 saturated carbocycles. The van der Waals surface area contributed by atoms with Crippen molar-refractivity contribution in [1.82, 2.24) is 10.6 Å². The summed E-state index contributed by atoms with van der Waals surface area (Å²) < 4.78 is 39.1. The first-order chi connectivity index (χ1) is 23.5. The van der Waals surface area contributed by atoms with Gasteiger partial charge in [0.15, 0.2) is 25.2 Å². The highest BCUT2D eigenvalue weighted by Crippen LogP contribution is 2.33. The van der Waals surface area contributed by atoms with Crippen LogP contribution in [0, 0.1) is 0 Å². The summed E-state index contributed by atoms with van der Waals surface area (Å²) in [7, 11) is 0. The number of hydrogen-bond acceptors (Lipinski definition) is 20. The van der Waals surface area contributed by atoms with Gasteiger partial charge in [0.05, 0.1) is 25.9 Å². The van der Waals surface area contributed by atoms with Crippen LogP contribution in [0.1, 0.15) is 20.8 Å². The Balaban J connectivity index is 1.48. The highest BCUT2D eigenvalue weighted by molar-refractivity contribution is 5.73. The van der Waals surface area contributed by atoms with Crippen LogP contribution in [0.4, 0.5) is 0 Å². The van der Waals surface area contributed by atoms with Gasteiger partial charge in [-0.15, -0.1) is 0 Å². The smallest absolute Gasteiger partial charge is 0.217 e. The molecule has 4 fully saturated rings. The number of hydrogen-bond donors (Lipinski definition) is 13. The molecule has 0 aliphatic carbocycles. The molecule has 4 rings (SSSR count). The monoisotopic (exact) mass is 732 g/mol. The third-order valence-electron chi connectivity index (χ3n) is 8.95. The molecular weight excluding hydrogens is 684 g/mol. The summed E-state index contributed by atoms with van der Waals surface area (Å²) in [6.45, 7) is 1.37. The number of amides is 2. The molecule has 0 spiro atoms. The average Bonchev–Trinajstić information content (AvgIpc) is 3.06. The molecule has 0 aromatic carbocycles. The summed E-state index contributed by atoms with van der Waals surface area (Å²) in [5.41, 5.74) is 0. The lowest BCUT2D eigenvalue weighted by molar-refractivity contribution is -0.368. The van der Waals surface area contributed by atoms with Crippen molar-refractivity contribution >= 4 is 11.8 Å². The summed E-state index contributed by atoms with van der Waals surface area (Å²) in [5, 5.41) is 119. The molecule has 20 atom stereocenters. The zero-order valence-electron chi connectivity index (χ0n) is 27.3. The van der Waals surface area contributed by atoms with Crippen molar-refractivity contribution < 1.29 is 98.9 Å². The van der Waals surface area contributed by atoms with E-state index in [0.717, 1.165) is 13.8 Å². The van der Waals surface area contributed by atoms with E-state index >= 15 is 0 Å². The van der Waals surface area contributed by atoms with Gasteiger partial charge in [-0.25, -0.2) is 0 Å². The minimum Gasteiger partial charge on any atom is -0.394 e. The predicted octanol–water partition coefficient (Wildman–Crippen LogP) is -8.43. The fourth-order valence-corrected chi connectivity index (χ4v) is 6.18. The third-order valence-corrected chi connectivity index (χ3v) is 8.95. The van der Waals surface area contributed by atoms with Crippen molar-refractivity contribution in [3.8, 4) is 0 Å². The minimum absolute atomic E-state index is 0.625. The van der Waals surface area contributed by atoms with Crippen LogP contribution in [0.5, 0.6) is 0 Å². The van der Waals surface area contributed by atoms with E-state index in [4.69, 9.17) is 33.2 Å². The summed E-state index contributed by atoms with van der Waals surface area (Å²) in [6, 6.07) is -2.86. The molecule has 2 amide bonds. The van der Waals surface area contributed by atoms with Crippen molar-refractivity contribution in [1.29, 1.82) is 0 Å². The zero-order valence-corrected chi connectivity index (χ0v) is 27.3. The van der Waals surface area contributed by atoms with Gasteiger partial charge in [-0.1, -0.05) is 0 Å². The van der Waals surface area contributed by atoms with E-state index in [1.165, 1.54) is 6.92 Å². The molecule has 290 valence electrons. The van der Waals surface area contributed by atoms with Gasteiger partial charge in [-0.2, -0.15) is 0 Å². The Bertz CT molecular complexity index is 1130. The van der Waals surface area contributed by atoms with Crippen LogP contribution in [-0.2, 0) is 42.7 Å². The van der Waals surface area contributed by atoms with Crippen molar-refractivity contribution in [2.75, 3.05) is 19.8 Å². The number of nitrogens with one attached hydrogen (secondary N) is 2. The van der Waals surface area contributed by atoms with Gasteiger partial charge < -0.3 is 100.0 Å². The van der Waals surface area contributed by atoms with Crippen LogP contribution in [0.2, 0.25) is 0 Å². The molecule has 0 aromatic heterocycles. The Labute approximate surface area is 285 Å². The van der Waals surface area contributed by atoms with Crippen LogP contribution < -0.4 is 10.6 Å². The average molecular weight is 733 g/mol. The van der Waals surface area contributed by atoms with Crippen LogP contribution in [0.15, 0.2) is 0 Å². The van der Waals surface area contributed by atoms with E-state index < -0.39 is 154 Å². The summed E-state index contributed by atoms with van der Waals surface area (Å²) in [4.78, 5) is 23.9. The van der Waals surface area contributed by atoms with Crippen molar-refractivity contribution in [3.63, 3.8) is 0 Å². The summed E-state index contributed by atoms with van der Waals surface area (Å²) >= 11 is 0. The molecular formula is C28H48N2O20. The molecule has 1 unspecified atom stereocenters. The molecule has 13 N–H and O–H groups in total. The summed E-state index contributed by atoms with van der Waals surface area (Å²) in [5.74, 6) is -1.34. The molecule has 0 radical (unpaired) electrons. The van der Waals surface area contributed by atoms with Gasteiger partial charge in [0, 0.05) is 13.8 Å². The lowest BCUT2D eigenvalue weighted by Gasteiger charge is -2.49. The van der Waals surface area contributed by atoms with Crippen molar-refractivity contribution in [2.45, 2.75) is 143 Å². The summed E-state index contributed by atoms with van der Waals surface area (Å²) in [6.07, 6.45) is -29.6. The Morgan fingerprint density at radius 2 is 1.10 bits per heavy atom. The normalized spacial score (nSPS) is 48.5. The molecule has 22 heteroatoms. The molecule has 22 nitrogen and oxygen atoms in total. The predicted molar refractivity (Wildman–Crippen MR) is 156 cm³/mol. The Kier molecular flexibility index (Phi) is 14.2. The number of carbonyl (C=O) groups excluding carboxylic acids is 2. The molecule has 50 heavy (non-hydrogen) atoms. The lowest BCUT2D eigenvalue weighted by atomic mass is 9.94. The Hall–Kier alpha value is -1.78. The topological polar surface area (TPSA) is 345 Å². The second-order valence-corrected chi connectivity index (χ2v) is 12.6. The first kappa shape index (κ1) is 41.0. The second-order valence-electron chi connectivity index (χ2n) is 12.6. The molecule has 4 saturated heterocycles. The fraction of sp³-hybridized carbons (Fsp3) is 0.929. The van der Waals surface area contributed by atoms with Crippen LogP contribution in [-0.4, -0.2) is 211 Å². The maximum Gasteiger partial charge on any atom is 0.217 e. The molecule has 4 aliphatic rings. The molecule has 4 heterocycles. The Morgan fingerprint density at radius 1 is 0.560 bits per heavy atom. The largest absolute Gasteiger partial charge is 0.394 e. The lowest BCUT2D eigenvalue weighted by Crippen LogP contribution is -2.69. The van der Waals surface area contributed by atoms with E-state index in [0.29, 0.717) is 0 Å². The number of carbonyl (C=O) groups is 2. The Morgan fingerprint density at radius 3 is 1.70 bits per heavy atom. The standard InChI is InChI=1S/C28H48N2O20/c1-7-15(35)20(40)22(42)28(45-7)49-23-14(30-9(3)34)27(48-11(5-32)18(23)38)50-24-21(41)17(37)12(46-25(24)43)6-44-26-13(29-8(2)33)19(39)16(36)10(4-31)47-26/h7,10-28,31-32,35-43H,4-6H2,1-3H3,(H,29,33)(H,30,34)/t7-,10+,11+,12+,13+,14+,15+,16+,17+,18+,19+,20+,21-,22-,23+,24-,25?,26+,27-,28-/m0/s1. The van der Waals surface area contributed by atoms with Gasteiger partial charge in [-0.3, -0.25) is 9.59 Å². The van der Waals surface area contributed by atoms with Gasteiger partial charge >= 0.3 is 0 Å². The highest BCUT2D eigenvalue weighted by Gasteiger charge is 2.54. The number of aliphatic hydroxyl groups excluding tert-OH is 11. The van der Waals surface area contributed by atoms with Crippen molar-refractivity contribution in [2.24, 2.45) is 0 Å². The van der Waals surface area contributed by atoms with Crippen LogP contribution in [0.3, 0.4) is 0 Å². The number of rotatable bonds is 11. The number of ether oxygens (including phenoxy) is 7. The first-order valence-electron chi connectivity index (χ1n) is 15.9. The highest BCUT2D eigenvalue weighted by atomic mass is 16.7. The van der Waals surface area contributed by atoms with E-state index in [2.05, 4.69) is 10.6 Å². The van der Waals surface area contributed by atoms with Crippen LogP contribution in [0.25, 0.3) is 0 Å². The van der Waals surface area contributed by atoms with E-state index in [1.54, 1.807) is 0 Å². The van der Waals surface area contributed by atoms with Gasteiger partial charge in [0.1, 0.15) is 91.4 Å². The maximum absolute atomic E-state index is 12.2. The van der Waals surface area contributed by atoms with Crippen LogP contribution >= 0.6 is 0 Å². The zero-order chi connectivity index (χ0) is 37.2. The molecule has 0 bridgehead atoms. The molecule has 0 aromatic rings. The molecule has 4 aliphatic heterocycles. The van der Waals surface area contributed by atoms with E-state index in [1.807, 2.05) is 0 Å². The fourth-order valence-electron chi connectivity index (χ4n) is 6.18. The van der Waals surface area contributed by atoms with Crippen molar-refractivity contribution in [3.05, 3.63) is 0 Å². The maximum atomic E-state index is 12.2. The first-order valence-corrected chi connectivity index (χ1v) is 15.9. The van der Waals surface area contributed by atoms with Gasteiger partial charge in [0.25, 0.3) is 0 Å². The van der Waals surface area contributed by atoms with Gasteiger partial charge in [-0.05, 0) is 6.92 Å². The van der Waals surface area contributed by atoms with E-state index in [-0.39, 0.29) is 0 Å².